The molecule has 4 rings (SSSR count). The van der Waals surface area contributed by atoms with E-state index in [-0.39, 0.29) is 12.0 Å². The van der Waals surface area contributed by atoms with Gasteiger partial charge in [-0.2, -0.15) is 13.2 Å². The number of hydrogen-bond acceptors (Lipinski definition) is 3. The molecule has 1 aliphatic heterocycles. The summed E-state index contributed by atoms with van der Waals surface area (Å²) < 4.78 is 41.4. The van der Waals surface area contributed by atoms with Crippen LogP contribution in [-0.2, 0) is 37.1 Å². The van der Waals surface area contributed by atoms with Gasteiger partial charge in [-0.25, -0.2) is 0 Å². The van der Waals surface area contributed by atoms with Crippen molar-refractivity contribution in [1.29, 1.82) is 0 Å². The highest BCUT2D eigenvalue weighted by Gasteiger charge is 2.34. The fourth-order valence-electron chi connectivity index (χ4n) is 4.22. The van der Waals surface area contributed by atoms with Crippen molar-refractivity contribution in [3.63, 3.8) is 0 Å². The first-order chi connectivity index (χ1) is 15.8. The predicted octanol–water partition coefficient (Wildman–Crippen LogP) is 5.45. The number of rotatable bonds is 8. The molecule has 1 aliphatic rings. The van der Waals surface area contributed by atoms with Gasteiger partial charge >= 0.3 is 12.1 Å². The summed E-state index contributed by atoms with van der Waals surface area (Å²) in [6, 6.07) is 19.4. The van der Waals surface area contributed by atoms with Crippen LogP contribution >= 0.6 is 0 Å². The van der Waals surface area contributed by atoms with Gasteiger partial charge < -0.3 is 10.4 Å². The number of alkyl halides is 3. The van der Waals surface area contributed by atoms with E-state index in [9.17, 15) is 18.0 Å². The zero-order valence-electron chi connectivity index (χ0n) is 18.0. The number of hydrogen-bond donors (Lipinski definition) is 2. The topological polar surface area (TPSA) is 52.6 Å². The number of carboxylic acid groups (broad SMARTS) is 1. The Morgan fingerprint density at radius 3 is 2.39 bits per heavy atom. The molecule has 33 heavy (non-hydrogen) atoms. The first-order valence-corrected chi connectivity index (χ1v) is 10.8. The number of carboxylic acids is 1. The van der Waals surface area contributed by atoms with Gasteiger partial charge in [-0.15, -0.1) is 0 Å². The standard InChI is InChI=1S/C26H25F3N2O2/c27-26(28,29)24-13-19(7-9-23(24)20-4-2-1-3-5-20)15-31-16-21-8-6-18(12-22(21)17-31)14-30-11-10-25(32)33/h1-9,12-13,30H,10-11,14-17H2,(H,32,33). The molecule has 1 heterocycles. The Morgan fingerprint density at radius 2 is 1.67 bits per heavy atom. The van der Waals surface area contributed by atoms with E-state index in [1.165, 1.54) is 11.6 Å². The molecule has 7 heteroatoms. The van der Waals surface area contributed by atoms with Crippen LogP contribution in [0.5, 0.6) is 0 Å². The maximum Gasteiger partial charge on any atom is 0.417 e. The molecule has 4 nitrogen and oxygen atoms in total. The third-order valence-electron chi connectivity index (χ3n) is 5.78. The van der Waals surface area contributed by atoms with Gasteiger partial charge in [-0.1, -0.05) is 60.7 Å². The van der Waals surface area contributed by atoms with E-state index < -0.39 is 17.7 Å². The minimum atomic E-state index is -4.43. The predicted molar refractivity (Wildman–Crippen MR) is 120 cm³/mol. The van der Waals surface area contributed by atoms with E-state index in [1.54, 1.807) is 42.5 Å². The maximum atomic E-state index is 13.8. The Morgan fingerprint density at radius 1 is 0.939 bits per heavy atom. The molecule has 3 aromatic rings. The average molecular weight is 454 g/mol. The Labute approximate surface area is 190 Å². The zero-order chi connectivity index (χ0) is 23.4. The van der Waals surface area contributed by atoms with Crippen LogP contribution in [0.25, 0.3) is 11.1 Å². The van der Waals surface area contributed by atoms with E-state index >= 15 is 0 Å². The van der Waals surface area contributed by atoms with Crippen LogP contribution in [0.1, 0.15) is 34.2 Å². The van der Waals surface area contributed by atoms with Crippen molar-refractivity contribution >= 4 is 5.97 Å². The van der Waals surface area contributed by atoms with Gasteiger partial charge in [0, 0.05) is 32.7 Å². The lowest BCUT2D eigenvalue weighted by atomic mass is 9.97. The van der Waals surface area contributed by atoms with Gasteiger partial charge in [0.25, 0.3) is 0 Å². The van der Waals surface area contributed by atoms with Crippen LogP contribution in [0.4, 0.5) is 13.2 Å². The van der Waals surface area contributed by atoms with Crippen molar-refractivity contribution in [2.24, 2.45) is 0 Å². The summed E-state index contributed by atoms with van der Waals surface area (Å²) >= 11 is 0. The third kappa shape index (κ3) is 5.80. The van der Waals surface area contributed by atoms with E-state index in [1.807, 2.05) is 12.1 Å². The molecule has 0 unspecified atom stereocenters. The monoisotopic (exact) mass is 454 g/mol. The first kappa shape index (κ1) is 23.0. The van der Waals surface area contributed by atoms with E-state index in [0.717, 1.165) is 11.1 Å². The van der Waals surface area contributed by atoms with Crippen LogP contribution in [0, 0.1) is 0 Å². The fourth-order valence-corrected chi connectivity index (χ4v) is 4.22. The summed E-state index contributed by atoms with van der Waals surface area (Å²) in [6.45, 7) is 2.76. The minimum absolute atomic E-state index is 0.0711. The Kier molecular flexibility index (Phi) is 6.81. The second-order valence-corrected chi connectivity index (χ2v) is 8.31. The zero-order valence-corrected chi connectivity index (χ0v) is 18.0. The van der Waals surface area contributed by atoms with Crippen molar-refractivity contribution < 1.29 is 23.1 Å². The fraction of sp³-hybridized carbons (Fsp3) is 0.269. The molecule has 3 aromatic carbocycles. The van der Waals surface area contributed by atoms with Crippen LogP contribution in [0.2, 0.25) is 0 Å². The maximum absolute atomic E-state index is 13.8. The highest BCUT2D eigenvalue weighted by atomic mass is 19.4. The quantitative estimate of drug-likeness (QED) is 0.445. The highest BCUT2D eigenvalue weighted by Crippen LogP contribution is 2.38. The van der Waals surface area contributed by atoms with Crippen LogP contribution in [0.15, 0.2) is 66.7 Å². The van der Waals surface area contributed by atoms with E-state index in [4.69, 9.17) is 5.11 Å². The molecule has 0 amide bonds. The van der Waals surface area contributed by atoms with Crippen molar-refractivity contribution in [3.8, 4) is 11.1 Å². The second kappa shape index (κ2) is 9.77. The van der Waals surface area contributed by atoms with Crippen LogP contribution in [0.3, 0.4) is 0 Å². The number of carbonyl (C=O) groups is 1. The Bertz CT molecular complexity index is 1130. The van der Waals surface area contributed by atoms with E-state index in [0.29, 0.717) is 43.9 Å². The molecule has 0 radical (unpaired) electrons. The molecule has 0 aromatic heterocycles. The SMILES string of the molecule is O=C(O)CCNCc1ccc2c(c1)CN(Cc1ccc(-c3ccccc3)c(C(F)(F)F)c1)C2. The number of fused-ring (bicyclic) bond motifs is 1. The summed E-state index contributed by atoms with van der Waals surface area (Å²) in [7, 11) is 0. The number of aliphatic carboxylic acids is 1. The van der Waals surface area contributed by atoms with Gasteiger partial charge in [0.2, 0.25) is 0 Å². The number of halogens is 3. The largest absolute Gasteiger partial charge is 0.481 e. The highest BCUT2D eigenvalue weighted by molar-refractivity contribution is 5.68. The molecule has 0 aliphatic carbocycles. The molecular formula is C26H25F3N2O2. The van der Waals surface area contributed by atoms with Crippen molar-refractivity contribution in [2.45, 2.75) is 38.8 Å². The van der Waals surface area contributed by atoms with Gasteiger partial charge in [0.1, 0.15) is 0 Å². The molecule has 0 saturated heterocycles. The van der Waals surface area contributed by atoms with Gasteiger partial charge in [-0.05, 0) is 39.4 Å². The lowest BCUT2D eigenvalue weighted by Gasteiger charge is -2.18. The van der Waals surface area contributed by atoms with Crippen molar-refractivity contribution in [3.05, 3.63) is 94.5 Å². The summed E-state index contributed by atoms with van der Waals surface area (Å²) in [6.07, 6.45) is -4.36. The van der Waals surface area contributed by atoms with Gasteiger partial charge in [0.05, 0.1) is 12.0 Å². The molecule has 2 N–H and O–H groups in total. The summed E-state index contributed by atoms with van der Waals surface area (Å²) in [5.41, 5.74) is 4.15. The van der Waals surface area contributed by atoms with Gasteiger partial charge in [0.15, 0.2) is 0 Å². The lowest BCUT2D eigenvalue weighted by Crippen LogP contribution is -2.17. The lowest BCUT2D eigenvalue weighted by molar-refractivity contribution is -0.137. The normalized spacial score (nSPS) is 13.8. The Hall–Kier alpha value is -3.16. The second-order valence-electron chi connectivity index (χ2n) is 8.31. The van der Waals surface area contributed by atoms with Crippen LogP contribution in [-0.4, -0.2) is 22.5 Å². The van der Waals surface area contributed by atoms with Gasteiger partial charge in [-0.3, -0.25) is 9.69 Å². The first-order valence-electron chi connectivity index (χ1n) is 10.8. The number of benzene rings is 3. The van der Waals surface area contributed by atoms with Crippen LogP contribution < -0.4 is 5.32 Å². The summed E-state index contributed by atoms with van der Waals surface area (Å²) in [4.78, 5) is 12.7. The summed E-state index contributed by atoms with van der Waals surface area (Å²) in [5, 5.41) is 11.8. The number of nitrogens with one attached hydrogen (secondary N) is 1. The smallest absolute Gasteiger partial charge is 0.417 e. The minimum Gasteiger partial charge on any atom is -0.481 e. The van der Waals surface area contributed by atoms with Crippen molar-refractivity contribution in [2.75, 3.05) is 6.54 Å². The summed E-state index contributed by atoms with van der Waals surface area (Å²) in [5.74, 6) is -0.836. The van der Waals surface area contributed by atoms with Crippen molar-refractivity contribution in [1.82, 2.24) is 10.2 Å². The molecule has 0 saturated carbocycles. The van der Waals surface area contributed by atoms with E-state index in [2.05, 4.69) is 16.3 Å². The molecule has 0 spiro atoms. The third-order valence-corrected chi connectivity index (χ3v) is 5.78. The molecular weight excluding hydrogens is 429 g/mol. The molecule has 172 valence electrons. The molecule has 0 atom stereocenters. The Balaban J connectivity index is 1.45. The molecule has 0 bridgehead atoms. The number of nitrogens with zero attached hydrogens (tertiary/aromatic N) is 1. The average Bonchev–Trinajstić information content (AvgIpc) is 3.18. The molecule has 0 fully saturated rings.